The summed E-state index contributed by atoms with van der Waals surface area (Å²) in [6, 6.07) is 16.2. The van der Waals surface area contributed by atoms with Crippen molar-refractivity contribution in [2.75, 3.05) is 4.90 Å². The van der Waals surface area contributed by atoms with Gasteiger partial charge >= 0.3 is 0 Å². The molecule has 1 aromatic carbocycles. The van der Waals surface area contributed by atoms with Crippen molar-refractivity contribution >= 4 is 23.0 Å². The third kappa shape index (κ3) is 3.66. The SMILES string of the molecule is Cc1cc([C@@H]2[C@@H](c3ccccn3)NC(=S)N2c2ccc(O)cc2)c(C)n1C1CCCCC1. The van der Waals surface area contributed by atoms with Gasteiger partial charge in [0.2, 0.25) is 0 Å². The van der Waals surface area contributed by atoms with Crippen molar-refractivity contribution in [2.24, 2.45) is 0 Å². The second kappa shape index (κ2) is 8.58. The third-order valence-corrected chi connectivity index (χ3v) is 7.32. The van der Waals surface area contributed by atoms with E-state index in [2.05, 4.69) is 45.7 Å². The van der Waals surface area contributed by atoms with Gasteiger partial charge in [0.1, 0.15) is 5.75 Å². The molecule has 5 nitrogen and oxygen atoms in total. The van der Waals surface area contributed by atoms with Crippen LogP contribution in [0.5, 0.6) is 5.75 Å². The van der Waals surface area contributed by atoms with E-state index >= 15 is 0 Å². The molecule has 2 N–H and O–H groups in total. The van der Waals surface area contributed by atoms with Crippen molar-refractivity contribution < 1.29 is 5.11 Å². The zero-order valence-corrected chi connectivity index (χ0v) is 19.5. The molecular weight excluding hydrogens is 416 g/mol. The van der Waals surface area contributed by atoms with Crippen LogP contribution in [0.1, 0.15) is 72.9 Å². The normalized spacial score (nSPS) is 21.7. The number of anilines is 1. The van der Waals surface area contributed by atoms with Gasteiger partial charge in [-0.2, -0.15) is 0 Å². The van der Waals surface area contributed by atoms with Crippen LogP contribution < -0.4 is 10.2 Å². The number of hydrogen-bond acceptors (Lipinski definition) is 3. The first kappa shape index (κ1) is 21.0. The highest BCUT2D eigenvalue weighted by Gasteiger charge is 2.42. The van der Waals surface area contributed by atoms with E-state index < -0.39 is 0 Å². The summed E-state index contributed by atoms with van der Waals surface area (Å²) in [5.74, 6) is 0.250. The first-order valence-electron chi connectivity index (χ1n) is 11.5. The number of nitrogens with zero attached hydrogens (tertiary/aromatic N) is 3. The fraction of sp³-hybridized carbons (Fsp3) is 0.385. The summed E-state index contributed by atoms with van der Waals surface area (Å²) >= 11 is 5.84. The number of rotatable bonds is 4. The maximum atomic E-state index is 9.83. The number of aromatic nitrogens is 2. The number of nitrogens with one attached hydrogen (secondary N) is 1. The van der Waals surface area contributed by atoms with Gasteiger partial charge in [-0.15, -0.1) is 0 Å². The molecule has 166 valence electrons. The first-order valence-corrected chi connectivity index (χ1v) is 11.9. The minimum absolute atomic E-state index is 0.0227. The van der Waals surface area contributed by atoms with Crippen LogP contribution in [0, 0.1) is 13.8 Å². The van der Waals surface area contributed by atoms with Crippen LogP contribution >= 0.6 is 12.2 Å². The second-order valence-electron chi connectivity index (χ2n) is 9.00. The molecule has 32 heavy (non-hydrogen) atoms. The molecule has 1 aliphatic carbocycles. The molecule has 0 amide bonds. The van der Waals surface area contributed by atoms with Gasteiger partial charge in [-0.1, -0.05) is 25.3 Å². The van der Waals surface area contributed by atoms with Gasteiger partial charge in [0, 0.05) is 29.3 Å². The van der Waals surface area contributed by atoms with Crippen molar-refractivity contribution in [3.8, 4) is 5.75 Å². The van der Waals surface area contributed by atoms with E-state index in [4.69, 9.17) is 12.2 Å². The minimum atomic E-state index is -0.0576. The molecular formula is C26H30N4OS. The van der Waals surface area contributed by atoms with E-state index in [0.29, 0.717) is 11.2 Å². The van der Waals surface area contributed by atoms with E-state index in [1.807, 2.05) is 30.5 Å². The van der Waals surface area contributed by atoms with E-state index in [9.17, 15) is 5.11 Å². The molecule has 0 spiro atoms. The number of phenolic OH excluding ortho intramolecular Hbond substituents is 1. The van der Waals surface area contributed by atoms with Crippen molar-refractivity contribution in [1.29, 1.82) is 0 Å². The second-order valence-corrected chi connectivity index (χ2v) is 9.39. The Hall–Kier alpha value is -2.86. The van der Waals surface area contributed by atoms with Gasteiger partial charge in [-0.05, 0) is 86.9 Å². The highest BCUT2D eigenvalue weighted by molar-refractivity contribution is 7.80. The quantitative estimate of drug-likeness (QED) is 0.490. The lowest BCUT2D eigenvalue weighted by molar-refractivity contribution is 0.345. The molecule has 3 aromatic rings. The predicted octanol–water partition coefficient (Wildman–Crippen LogP) is 5.89. The van der Waals surface area contributed by atoms with Crippen molar-refractivity contribution in [3.63, 3.8) is 0 Å². The maximum Gasteiger partial charge on any atom is 0.174 e. The molecule has 2 aromatic heterocycles. The Morgan fingerprint density at radius 1 is 1.03 bits per heavy atom. The van der Waals surface area contributed by atoms with Gasteiger partial charge in [-0.3, -0.25) is 4.98 Å². The van der Waals surface area contributed by atoms with E-state index in [1.165, 1.54) is 49.1 Å². The summed E-state index contributed by atoms with van der Waals surface area (Å²) in [4.78, 5) is 6.85. The molecule has 2 aliphatic rings. The molecule has 1 aliphatic heterocycles. The van der Waals surface area contributed by atoms with Crippen molar-refractivity contribution in [1.82, 2.24) is 14.9 Å². The number of aryl methyl sites for hydroxylation is 1. The van der Waals surface area contributed by atoms with Crippen LogP contribution in [0.2, 0.25) is 0 Å². The van der Waals surface area contributed by atoms with Crippen LogP contribution in [0.25, 0.3) is 0 Å². The molecule has 2 fully saturated rings. The lowest BCUT2D eigenvalue weighted by Gasteiger charge is -2.30. The average Bonchev–Trinajstić information content (AvgIpc) is 3.31. The Labute approximate surface area is 195 Å². The largest absolute Gasteiger partial charge is 0.508 e. The lowest BCUT2D eigenvalue weighted by Crippen LogP contribution is -2.29. The molecule has 3 heterocycles. The number of hydrogen-bond donors (Lipinski definition) is 2. The third-order valence-electron chi connectivity index (χ3n) is 7.01. The zero-order valence-electron chi connectivity index (χ0n) is 18.7. The van der Waals surface area contributed by atoms with Crippen LogP contribution in [0.4, 0.5) is 5.69 Å². The summed E-state index contributed by atoms with van der Waals surface area (Å²) in [6.45, 7) is 4.48. The summed E-state index contributed by atoms with van der Waals surface area (Å²) in [5.41, 5.74) is 5.85. The Bertz CT molecular complexity index is 1100. The fourth-order valence-electron chi connectivity index (χ4n) is 5.57. The summed E-state index contributed by atoms with van der Waals surface area (Å²) in [5, 5.41) is 14.0. The number of aromatic hydroxyl groups is 1. The van der Waals surface area contributed by atoms with Crippen molar-refractivity contribution in [3.05, 3.63) is 77.4 Å². The highest BCUT2D eigenvalue weighted by Crippen LogP contribution is 2.44. The van der Waals surface area contributed by atoms with Crippen LogP contribution in [-0.2, 0) is 0 Å². The minimum Gasteiger partial charge on any atom is -0.508 e. The molecule has 2 atom stereocenters. The van der Waals surface area contributed by atoms with Gasteiger partial charge in [0.25, 0.3) is 0 Å². The highest BCUT2D eigenvalue weighted by atomic mass is 32.1. The molecule has 5 rings (SSSR count). The van der Waals surface area contributed by atoms with Crippen LogP contribution in [-0.4, -0.2) is 19.8 Å². The average molecular weight is 447 g/mol. The number of thiocarbonyl (C=S) groups is 1. The Balaban J connectivity index is 1.62. The van der Waals surface area contributed by atoms with Gasteiger partial charge in [-0.25, -0.2) is 0 Å². The summed E-state index contributed by atoms with van der Waals surface area (Å²) < 4.78 is 2.56. The van der Waals surface area contributed by atoms with Crippen molar-refractivity contribution in [2.45, 2.75) is 64.1 Å². The molecule has 0 radical (unpaired) electrons. The van der Waals surface area contributed by atoms with E-state index in [0.717, 1.165) is 11.4 Å². The monoisotopic (exact) mass is 446 g/mol. The number of pyridine rings is 1. The zero-order chi connectivity index (χ0) is 22.2. The molecule has 0 unspecified atom stereocenters. The predicted molar refractivity (Wildman–Crippen MR) is 132 cm³/mol. The van der Waals surface area contributed by atoms with E-state index in [1.54, 1.807) is 12.1 Å². The van der Waals surface area contributed by atoms with Crippen LogP contribution in [0.3, 0.4) is 0 Å². The topological polar surface area (TPSA) is 53.3 Å². The number of benzene rings is 1. The molecule has 1 saturated carbocycles. The summed E-state index contributed by atoms with van der Waals surface area (Å²) in [6.07, 6.45) is 8.31. The smallest absolute Gasteiger partial charge is 0.174 e. The summed E-state index contributed by atoms with van der Waals surface area (Å²) in [7, 11) is 0. The van der Waals surface area contributed by atoms with Gasteiger partial charge in [0.05, 0.1) is 17.8 Å². The van der Waals surface area contributed by atoms with Gasteiger partial charge in [0.15, 0.2) is 5.11 Å². The maximum absolute atomic E-state index is 9.83. The molecule has 1 saturated heterocycles. The fourth-order valence-corrected chi connectivity index (χ4v) is 5.91. The Morgan fingerprint density at radius 2 is 1.78 bits per heavy atom. The lowest BCUT2D eigenvalue weighted by atomic mass is 9.94. The number of phenols is 1. The Morgan fingerprint density at radius 3 is 2.47 bits per heavy atom. The van der Waals surface area contributed by atoms with E-state index in [-0.39, 0.29) is 17.8 Å². The Kier molecular flexibility index (Phi) is 5.64. The molecule has 6 heteroatoms. The van der Waals surface area contributed by atoms with Crippen LogP contribution in [0.15, 0.2) is 54.7 Å². The standard InChI is InChI=1S/C26H30N4OS/c1-17-16-22(18(2)29(17)19-8-4-3-5-9-19)25-24(23-10-6-7-15-27-23)28-26(32)30(25)20-11-13-21(31)14-12-20/h6-7,10-16,19,24-25,31H,3-5,8-9H2,1-2H3,(H,28,32)/t24-,25-/m1/s1. The first-order chi connectivity index (χ1) is 15.5. The molecule has 0 bridgehead atoms. The van der Waals surface area contributed by atoms with Gasteiger partial charge < -0.3 is 19.9 Å².